The van der Waals surface area contributed by atoms with Crippen LogP contribution in [0.25, 0.3) is 0 Å². The van der Waals surface area contributed by atoms with E-state index in [0.717, 1.165) is 0 Å². The van der Waals surface area contributed by atoms with Crippen LogP contribution in [0.2, 0.25) is 0 Å². The van der Waals surface area contributed by atoms with Crippen LogP contribution >= 0.6 is 0 Å². The highest BCUT2D eigenvalue weighted by molar-refractivity contribution is 5.31. The van der Waals surface area contributed by atoms with E-state index in [9.17, 15) is 0 Å². The van der Waals surface area contributed by atoms with Crippen LogP contribution in [0.3, 0.4) is 0 Å². The minimum atomic E-state index is 0.337. The highest BCUT2D eigenvalue weighted by atomic mass is 14.3. The molecule has 0 nitrogen and oxygen atoms in total. The van der Waals surface area contributed by atoms with Gasteiger partial charge >= 0.3 is 0 Å². The van der Waals surface area contributed by atoms with E-state index in [0.29, 0.717) is 5.41 Å². The Morgan fingerprint density at radius 1 is 1.00 bits per heavy atom. The Kier molecular flexibility index (Phi) is 5.14. The van der Waals surface area contributed by atoms with Crippen molar-refractivity contribution in [2.24, 2.45) is 5.41 Å². The van der Waals surface area contributed by atoms with Crippen LogP contribution in [-0.4, -0.2) is 0 Å². The number of unbranched alkanes of at least 4 members (excludes halogenated alkanes) is 5. The lowest BCUT2D eigenvalue weighted by molar-refractivity contribution is 0.533. The van der Waals surface area contributed by atoms with Crippen LogP contribution in [0.1, 0.15) is 65.7 Å². The van der Waals surface area contributed by atoms with E-state index in [2.05, 4.69) is 39.0 Å². The van der Waals surface area contributed by atoms with E-state index in [1.54, 1.807) is 5.57 Å². The van der Waals surface area contributed by atoms with Gasteiger partial charge in [-0.05, 0) is 12.8 Å². The minimum absolute atomic E-state index is 0.337. The van der Waals surface area contributed by atoms with Crippen molar-refractivity contribution in [2.45, 2.75) is 65.7 Å². The molecule has 0 heterocycles. The molecule has 0 spiro atoms. The van der Waals surface area contributed by atoms with Crippen molar-refractivity contribution in [3.05, 3.63) is 23.8 Å². The summed E-state index contributed by atoms with van der Waals surface area (Å²) in [4.78, 5) is 0. The van der Waals surface area contributed by atoms with E-state index in [-0.39, 0.29) is 0 Å². The monoisotopic (exact) mass is 206 g/mol. The van der Waals surface area contributed by atoms with Gasteiger partial charge < -0.3 is 0 Å². The molecular formula is C15H26. The molecular weight excluding hydrogens is 180 g/mol. The topological polar surface area (TPSA) is 0 Å². The lowest BCUT2D eigenvalue weighted by Gasteiger charge is -2.20. The zero-order valence-electron chi connectivity index (χ0n) is 10.7. The number of hydrogen-bond acceptors (Lipinski definition) is 0. The van der Waals surface area contributed by atoms with E-state index >= 15 is 0 Å². The Bertz CT molecular complexity index is 230. The van der Waals surface area contributed by atoms with Crippen LogP contribution in [0.4, 0.5) is 0 Å². The predicted octanol–water partition coefficient (Wildman–Crippen LogP) is 5.26. The average molecular weight is 206 g/mol. The smallest absolute Gasteiger partial charge is 0.00404 e. The van der Waals surface area contributed by atoms with Gasteiger partial charge in [0.1, 0.15) is 0 Å². The lowest BCUT2D eigenvalue weighted by atomic mass is 9.84. The zero-order valence-corrected chi connectivity index (χ0v) is 10.7. The van der Waals surface area contributed by atoms with Gasteiger partial charge in [-0.15, -0.1) is 0 Å². The predicted molar refractivity (Wildman–Crippen MR) is 69.0 cm³/mol. The molecule has 0 unspecified atom stereocenters. The molecule has 86 valence electrons. The summed E-state index contributed by atoms with van der Waals surface area (Å²) in [6.07, 6.45) is 16.5. The molecule has 1 rings (SSSR count). The first-order valence-corrected chi connectivity index (χ1v) is 6.55. The van der Waals surface area contributed by atoms with E-state index in [1.165, 1.54) is 44.9 Å². The Balaban J connectivity index is 2.06. The fourth-order valence-corrected chi connectivity index (χ4v) is 2.23. The second-order valence-corrected chi connectivity index (χ2v) is 5.29. The Morgan fingerprint density at radius 3 is 2.27 bits per heavy atom. The van der Waals surface area contributed by atoms with Gasteiger partial charge in [-0.2, -0.15) is 0 Å². The van der Waals surface area contributed by atoms with E-state index < -0.39 is 0 Å². The lowest BCUT2D eigenvalue weighted by Crippen LogP contribution is -2.08. The van der Waals surface area contributed by atoms with Crippen molar-refractivity contribution in [3.63, 3.8) is 0 Å². The maximum atomic E-state index is 2.32. The van der Waals surface area contributed by atoms with Crippen molar-refractivity contribution in [1.82, 2.24) is 0 Å². The Labute approximate surface area is 95.5 Å². The van der Waals surface area contributed by atoms with Gasteiger partial charge in [0.2, 0.25) is 0 Å². The summed E-state index contributed by atoms with van der Waals surface area (Å²) in [6.45, 7) is 6.91. The van der Waals surface area contributed by atoms with E-state index in [4.69, 9.17) is 0 Å². The normalized spacial score (nSPS) is 18.2. The van der Waals surface area contributed by atoms with E-state index in [1.807, 2.05) is 0 Å². The maximum absolute atomic E-state index is 2.32. The summed E-state index contributed by atoms with van der Waals surface area (Å²) in [5.74, 6) is 0. The quantitative estimate of drug-likeness (QED) is 0.498. The standard InChI is InChI=1S/C15H26/c1-4-5-6-7-8-9-11-14-12-10-13-15(14,2)3/h10,12-13H,4-9,11H2,1-3H3. The summed E-state index contributed by atoms with van der Waals surface area (Å²) in [5, 5.41) is 0. The molecule has 0 amide bonds. The van der Waals surface area contributed by atoms with Gasteiger partial charge in [0.05, 0.1) is 0 Å². The third-order valence-electron chi connectivity index (χ3n) is 3.44. The molecule has 0 fully saturated rings. The highest BCUT2D eigenvalue weighted by Gasteiger charge is 2.21. The summed E-state index contributed by atoms with van der Waals surface area (Å²) in [5.41, 5.74) is 1.96. The van der Waals surface area contributed by atoms with Gasteiger partial charge in [-0.1, -0.05) is 76.7 Å². The summed E-state index contributed by atoms with van der Waals surface area (Å²) in [6, 6.07) is 0. The second-order valence-electron chi connectivity index (χ2n) is 5.29. The largest absolute Gasteiger partial charge is 0.0748 e. The van der Waals surface area contributed by atoms with Gasteiger partial charge in [0.25, 0.3) is 0 Å². The molecule has 0 aromatic rings. The second kappa shape index (κ2) is 6.15. The van der Waals surface area contributed by atoms with Crippen molar-refractivity contribution in [1.29, 1.82) is 0 Å². The van der Waals surface area contributed by atoms with Gasteiger partial charge in [0.15, 0.2) is 0 Å². The van der Waals surface area contributed by atoms with Crippen LogP contribution in [0.5, 0.6) is 0 Å². The third kappa shape index (κ3) is 4.24. The molecule has 0 atom stereocenters. The van der Waals surface area contributed by atoms with Crippen molar-refractivity contribution < 1.29 is 0 Å². The molecule has 0 bridgehead atoms. The molecule has 1 aliphatic rings. The van der Waals surface area contributed by atoms with Crippen LogP contribution in [0.15, 0.2) is 23.8 Å². The molecule has 0 aliphatic heterocycles. The fourth-order valence-electron chi connectivity index (χ4n) is 2.23. The first kappa shape index (κ1) is 12.5. The minimum Gasteiger partial charge on any atom is -0.0748 e. The zero-order chi connectivity index (χ0) is 11.1. The maximum Gasteiger partial charge on any atom is 0.00404 e. The summed E-state index contributed by atoms with van der Waals surface area (Å²) in [7, 11) is 0. The van der Waals surface area contributed by atoms with Crippen molar-refractivity contribution in [2.75, 3.05) is 0 Å². The number of allylic oxidation sites excluding steroid dienone is 4. The van der Waals surface area contributed by atoms with Crippen LogP contribution in [0, 0.1) is 5.41 Å². The molecule has 0 aromatic heterocycles. The molecule has 15 heavy (non-hydrogen) atoms. The molecule has 0 heteroatoms. The molecule has 0 N–H and O–H groups in total. The molecule has 1 aliphatic carbocycles. The van der Waals surface area contributed by atoms with Crippen LogP contribution < -0.4 is 0 Å². The molecule has 0 radical (unpaired) electrons. The molecule has 0 aromatic carbocycles. The number of hydrogen-bond donors (Lipinski definition) is 0. The average Bonchev–Trinajstić information content (AvgIpc) is 2.52. The summed E-state index contributed by atoms with van der Waals surface area (Å²) >= 11 is 0. The van der Waals surface area contributed by atoms with Gasteiger partial charge in [0, 0.05) is 5.41 Å². The fraction of sp³-hybridized carbons (Fsp3) is 0.733. The molecule has 0 saturated carbocycles. The Morgan fingerprint density at radius 2 is 1.67 bits per heavy atom. The van der Waals surface area contributed by atoms with Crippen molar-refractivity contribution >= 4 is 0 Å². The highest BCUT2D eigenvalue weighted by Crippen LogP contribution is 2.35. The van der Waals surface area contributed by atoms with Crippen molar-refractivity contribution in [3.8, 4) is 0 Å². The number of rotatable bonds is 7. The van der Waals surface area contributed by atoms with Gasteiger partial charge in [-0.3, -0.25) is 0 Å². The van der Waals surface area contributed by atoms with Gasteiger partial charge in [-0.25, -0.2) is 0 Å². The Hall–Kier alpha value is -0.520. The first-order valence-electron chi connectivity index (χ1n) is 6.55. The summed E-state index contributed by atoms with van der Waals surface area (Å²) < 4.78 is 0. The molecule has 0 saturated heterocycles. The van der Waals surface area contributed by atoms with Crippen LogP contribution in [-0.2, 0) is 0 Å². The first-order chi connectivity index (χ1) is 7.17. The SMILES string of the molecule is CCCCCCCCC1=CC=CC1(C)C. The third-order valence-corrected chi connectivity index (χ3v) is 3.44.